The van der Waals surface area contributed by atoms with Gasteiger partial charge in [0.2, 0.25) is 6.41 Å². The van der Waals surface area contributed by atoms with Crippen LogP contribution in [0.2, 0.25) is 0 Å². The van der Waals surface area contributed by atoms with Gasteiger partial charge in [-0.3, -0.25) is 4.79 Å². The molecule has 0 saturated carbocycles. The van der Waals surface area contributed by atoms with Crippen molar-refractivity contribution in [2.24, 2.45) is 0 Å². The molecule has 0 aromatic carbocycles. The van der Waals surface area contributed by atoms with Crippen molar-refractivity contribution in [1.82, 2.24) is 5.32 Å². The Hall–Kier alpha value is 0.380. The van der Waals surface area contributed by atoms with Gasteiger partial charge in [-0.25, -0.2) is 8.42 Å². The minimum Gasteiger partial charge on any atom is -0.748 e. The normalized spacial score (nSPS) is 9.91. The summed E-state index contributed by atoms with van der Waals surface area (Å²) in [7, 11) is -4.11. The monoisotopic (exact) mass is 189 g/mol. The fourth-order valence-electron chi connectivity index (χ4n) is 0.410. The number of carbonyl (C=O) groups excluding carboxylic acids is 1. The molecule has 5 nitrogen and oxygen atoms in total. The first-order valence-corrected chi connectivity index (χ1v) is 4.24. The third-order valence-electron chi connectivity index (χ3n) is 0.799. The first-order valence-electron chi connectivity index (χ1n) is 2.67. The van der Waals surface area contributed by atoms with Gasteiger partial charge in [0.05, 0.1) is 10.1 Å². The summed E-state index contributed by atoms with van der Waals surface area (Å²) in [5, 5.41) is 2.24. The first-order chi connectivity index (χ1) is 4.56. The average Bonchev–Trinajstić information content (AvgIpc) is 1.78. The van der Waals surface area contributed by atoms with E-state index < -0.39 is 15.9 Å². The molecule has 0 spiro atoms. The number of rotatable bonds is 5. The van der Waals surface area contributed by atoms with E-state index in [1.54, 1.807) is 0 Å². The van der Waals surface area contributed by atoms with E-state index in [9.17, 15) is 17.8 Å². The fraction of sp³-hybridized carbons (Fsp3) is 0.750. The predicted octanol–water partition coefficient (Wildman–Crippen LogP) is -4.33. The Morgan fingerprint density at radius 1 is 1.45 bits per heavy atom. The first kappa shape index (κ1) is 13.9. The maximum atomic E-state index is 9.92. The Kier molecular flexibility index (Phi) is 8.93. The van der Waals surface area contributed by atoms with E-state index in [2.05, 4.69) is 5.32 Å². The van der Waals surface area contributed by atoms with Gasteiger partial charge in [0.15, 0.2) is 0 Å². The van der Waals surface area contributed by atoms with E-state index in [1.807, 2.05) is 0 Å². The number of hydrogen-bond acceptors (Lipinski definition) is 4. The Balaban J connectivity index is 0. The van der Waals surface area contributed by atoms with Gasteiger partial charge in [0, 0.05) is 12.3 Å². The summed E-state index contributed by atoms with van der Waals surface area (Å²) in [5.74, 6) is -0.423. The van der Waals surface area contributed by atoms with E-state index in [1.165, 1.54) is 0 Å². The maximum Gasteiger partial charge on any atom is 1.00 e. The number of carbonyl (C=O) groups is 1. The maximum absolute atomic E-state index is 9.92. The topological polar surface area (TPSA) is 86.3 Å². The van der Waals surface area contributed by atoms with Crippen LogP contribution >= 0.6 is 0 Å². The molecule has 0 fully saturated rings. The zero-order valence-corrected chi connectivity index (χ0v) is 9.06. The summed E-state index contributed by atoms with van der Waals surface area (Å²) < 4.78 is 29.8. The third-order valence-corrected chi connectivity index (χ3v) is 1.59. The summed E-state index contributed by atoms with van der Waals surface area (Å²) in [4.78, 5) is 9.59. The van der Waals surface area contributed by atoms with E-state index in [0.29, 0.717) is 6.41 Å². The van der Waals surface area contributed by atoms with Crippen LogP contribution in [-0.2, 0) is 14.9 Å². The smallest absolute Gasteiger partial charge is 0.748 e. The molecule has 7 heteroatoms. The van der Waals surface area contributed by atoms with Crippen molar-refractivity contribution < 1.29 is 47.3 Å². The van der Waals surface area contributed by atoms with Gasteiger partial charge in [0.1, 0.15) is 0 Å². The molecule has 0 unspecified atom stereocenters. The van der Waals surface area contributed by atoms with Crippen molar-refractivity contribution in [3.8, 4) is 0 Å². The fourth-order valence-corrected chi connectivity index (χ4v) is 0.908. The molecule has 0 aliphatic rings. The van der Waals surface area contributed by atoms with Gasteiger partial charge in [0.25, 0.3) is 0 Å². The average molecular weight is 189 g/mol. The van der Waals surface area contributed by atoms with Crippen molar-refractivity contribution in [2.75, 3.05) is 12.3 Å². The molecule has 0 aliphatic heterocycles. The summed E-state index contributed by atoms with van der Waals surface area (Å²) in [6.07, 6.45) is 0.627. The molecular formula is C4H8NNaO4S. The third kappa shape index (κ3) is 13.4. The van der Waals surface area contributed by atoms with Crippen LogP contribution in [0.25, 0.3) is 0 Å². The number of hydrogen-bond donors (Lipinski definition) is 1. The molecule has 0 aromatic heterocycles. The summed E-state index contributed by atoms with van der Waals surface area (Å²) in [5.41, 5.74) is 0. The summed E-state index contributed by atoms with van der Waals surface area (Å²) in [6, 6.07) is 0. The van der Waals surface area contributed by atoms with Gasteiger partial charge in [-0.05, 0) is 6.42 Å². The van der Waals surface area contributed by atoms with Crippen LogP contribution in [0, 0.1) is 0 Å². The predicted molar refractivity (Wildman–Crippen MR) is 33.2 cm³/mol. The van der Waals surface area contributed by atoms with Crippen LogP contribution < -0.4 is 34.9 Å². The molecule has 1 amide bonds. The minimum absolute atomic E-state index is 0. The van der Waals surface area contributed by atoms with Crippen molar-refractivity contribution in [3.05, 3.63) is 0 Å². The van der Waals surface area contributed by atoms with Crippen LogP contribution in [0.15, 0.2) is 0 Å². The van der Waals surface area contributed by atoms with Crippen LogP contribution in [0.1, 0.15) is 6.42 Å². The second-order valence-corrected chi connectivity index (χ2v) is 3.21. The van der Waals surface area contributed by atoms with E-state index in [0.717, 1.165) is 0 Å². The minimum atomic E-state index is -4.11. The quantitative estimate of drug-likeness (QED) is 0.205. The molecule has 0 radical (unpaired) electrons. The molecule has 0 bridgehead atoms. The van der Waals surface area contributed by atoms with Crippen molar-refractivity contribution in [2.45, 2.75) is 6.42 Å². The van der Waals surface area contributed by atoms with Gasteiger partial charge >= 0.3 is 29.6 Å². The second-order valence-electron chi connectivity index (χ2n) is 1.69. The van der Waals surface area contributed by atoms with Crippen LogP contribution in [0.4, 0.5) is 0 Å². The van der Waals surface area contributed by atoms with E-state index in [4.69, 9.17) is 0 Å². The van der Waals surface area contributed by atoms with Gasteiger partial charge in [-0.1, -0.05) is 0 Å². The Morgan fingerprint density at radius 3 is 2.36 bits per heavy atom. The van der Waals surface area contributed by atoms with Crippen molar-refractivity contribution in [3.63, 3.8) is 0 Å². The molecule has 0 rings (SSSR count). The SMILES string of the molecule is O=CNCCCS(=O)(=O)[O-].[Na+]. The molecule has 11 heavy (non-hydrogen) atoms. The Morgan fingerprint density at radius 2 is 2.00 bits per heavy atom. The van der Waals surface area contributed by atoms with Gasteiger partial charge in [-0.15, -0.1) is 0 Å². The molecule has 60 valence electrons. The molecule has 1 N–H and O–H groups in total. The molecule has 0 heterocycles. The molecular weight excluding hydrogens is 181 g/mol. The van der Waals surface area contributed by atoms with Crippen molar-refractivity contribution >= 4 is 16.5 Å². The van der Waals surface area contributed by atoms with E-state index >= 15 is 0 Å². The van der Waals surface area contributed by atoms with E-state index in [-0.39, 0.29) is 42.5 Å². The summed E-state index contributed by atoms with van der Waals surface area (Å²) in [6.45, 7) is 0.227. The Bertz CT molecular complexity index is 190. The van der Waals surface area contributed by atoms with Crippen LogP contribution in [0.5, 0.6) is 0 Å². The largest absolute Gasteiger partial charge is 1.00 e. The molecule has 0 aromatic rings. The summed E-state index contributed by atoms with van der Waals surface area (Å²) >= 11 is 0. The Labute approximate surface area is 87.6 Å². The zero-order valence-electron chi connectivity index (χ0n) is 6.24. The second kappa shape index (κ2) is 7.05. The standard InChI is InChI=1S/C4H9NO4S.Na/c6-4-5-2-1-3-10(7,8)9;/h4H,1-3H2,(H,5,6)(H,7,8,9);/q;+1/p-1. The number of amides is 1. The van der Waals surface area contributed by atoms with Gasteiger partial charge < -0.3 is 9.87 Å². The van der Waals surface area contributed by atoms with Crippen LogP contribution in [0.3, 0.4) is 0 Å². The van der Waals surface area contributed by atoms with Gasteiger partial charge in [-0.2, -0.15) is 0 Å². The van der Waals surface area contributed by atoms with Crippen LogP contribution in [-0.4, -0.2) is 31.7 Å². The molecule has 0 aliphatic carbocycles. The molecule has 0 atom stereocenters. The molecule has 0 saturated heterocycles. The zero-order chi connectivity index (χ0) is 8.04. The number of nitrogens with one attached hydrogen (secondary N) is 1. The van der Waals surface area contributed by atoms with Crippen molar-refractivity contribution in [1.29, 1.82) is 0 Å².